The smallest absolute Gasteiger partial charge is 0.243 e. The van der Waals surface area contributed by atoms with Crippen LogP contribution >= 0.6 is 0 Å². The molecule has 10 heteroatoms. The highest BCUT2D eigenvalue weighted by atomic mass is 32.2. The van der Waals surface area contributed by atoms with Gasteiger partial charge < -0.3 is 10.1 Å². The van der Waals surface area contributed by atoms with E-state index in [-0.39, 0.29) is 34.7 Å². The number of ether oxygens (including phenoxy) is 1. The Kier molecular flexibility index (Phi) is 6.49. The molecule has 8 nitrogen and oxygen atoms in total. The van der Waals surface area contributed by atoms with Gasteiger partial charge in [0.05, 0.1) is 16.9 Å². The summed E-state index contributed by atoms with van der Waals surface area (Å²) in [4.78, 5) is 12.6. The largest absolute Gasteiger partial charge is 0.497 e. The quantitative estimate of drug-likeness (QED) is 0.719. The van der Waals surface area contributed by atoms with Crippen LogP contribution in [0.3, 0.4) is 0 Å². The second-order valence-corrected chi connectivity index (χ2v) is 11.1. The van der Waals surface area contributed by atoms with Crippen molar-refractivity contribution in [1.29, 1.82) is 0 Å². The normalized spacial score (nSPS) is 16.2. The first-order valence-corrected chi connectivity index (χ1v) is 12.7. The molecule has 1 aliphatic heterocycles. The third-order valence-electron chi connectivity index (χ3n) is 5.05. The van der Waals surface area contributed by atoms with Crippen molar-refractivity contribution in [2.24, 2.45) is 5.92 Å². The molecular weight excluding hydrogens is 428 g/mol. The van der Waals surface area contributed by atoms with Crippen molar-refractivity contribution in [2.45, 2.75) is 22.6 Å². The number of anilines is 1. The number of nitrogens with one attached hydrogen (secondary N) is 1. The van der Waals surface area contributed by atoms with E-state index in [1.807, 2.05) is 0 Å². The summed E-state index contributed by atoms with van der Waals surface area (Å²) in [5.74, 6) is 0.184. The Morgan fingerprint density at radius 1 is 1.00 bits per heavy atom. The first kappa shape index (κ1) is 22.3. The molecule has 30 heavy (non-hydrogen) atoms. The minimum absolute atomic E-state index is 0.0363. The van der Waals surface area contributed by atoms with Crippen LogP contribution in [0.1, 0.15) is 12.8 Å². The number of rotatable bonds is 6. The molecule has 1 saturated heterocycles. The predicted molar refractivity (Wildman–Crippen MR) is 113 cm³/mol. The van der Waals surface area contributed by atoms with E-state index >= 15 is 0 Å². The third-order valence-corrected chi connectivity index (χ3v) is 8.09. The lowest BCUT2D eigenvalue weighted by Crippen LogP contribution is -2.41. The number of hydrogen-bond acceptors (Lipinski definition) is 6. The second kappa shape index (κ2) is 8.75. The van der Waals surface area contributed by atoms with Gasteiger partial charge in [0.25, 0.3) is 0 Å². The lowest BCUT2D eigenvalue weighted by atomic mass is 9.97. The van der Waals surface area contributed by atoms with Crippen LogP contribution in [0.5, 0.6) is 5.75 Å². The zero-order valence-corrected chi connectivity index (χ0v) is 18.4. The van der Waals surface area contributed by atoms with Crippen LogP contribution in [0, 0.1) is 5.92 Å². The zero-order valence-electron chi connectivity index (χ0n) is 16.7. The molecule has 0 unspecified atom stereocenters. The molecule has 1 fully saturated rings. The van der Waals surface area contributed by atoms with Gasteiger partial charge in [-0.2, -0.15) is 4.31 Å². The van der Waals surface area contributed by atoms with E-state index in [1.54, 1.807) is 31.4 Å². The second-order valence-electron chi connectivity index (χ2n) is 7.14. The predicted octanol–water partition coefficient (Wildman–Crippen LogP) is 2.14. The molecule has 0 saturated carbocycles. The standard InChI is InChI=1S/C20H24N2O6S2/c1-28-17-5-3-4-16(14-17)21-20(23)15-10-12-22(13-11-15)30(26,27)19-8-6-18(7-9-19)29(2,24)25/h3-9,14-15H,10-13H2,1-2H3,(H,21,23). The summed E-state index contributed by atoms with van der Waals surface area (Å²) in [5, 5.41) is 2.85. The minimum atomic E-state index is -3.75. The highest BCUT2D eigenvalue weighted by Crippen LogP contribution is 2.26. The van der Waals surface area contributed by atoms with Crippen LogP contribution in [0.2, 0.25) is 0 Å². The van der Waals surface area contributed by atoms with Crippen LogP contribution in [0.15, 0.2) is 58.3 Å². The van der Waals surface area contributed by atoms with Crippen molar-refractivity contribution >= 4 is 31.5 Å². The van der Waals surface area contributed by atoms with E-state index in [0.29, 0.717) is 24.3 Å². The molecule has 3 rings (SSSR count). The zero-order chi connectivity index (χ0) is 21.9. The van der Waals surface area contributed by atoms with E-state index in [4.69, 9.17) is 4.74 Å². The fourth-order valence-electron chi connectivity index (χ4n) is 3.31. The van der Waals surface area contributed by atoms with Crippen LogP contribution in [-0.4, -0.2) is 53.5 Å². The number of sulfonamides is 1. The van der Waals surface area contributed by atoms with Crippen molar-refractivity contribution in [3.8, 4) is 5.75 Å². The van der Waals surface area contributed by atoms with Crippen LogP contribution in [-0.2, 0) is 24.7 Å². The van der Waals surface area contributed by atoms with Gasteiger partial charge >= 0.3 is 0 Å². The maximum atomic E-state index is 12.8. The molecule has 0 bridgehead atoms. The average Bonchev–Trinajstić information content (AvgIpc) is 2.73. The molecule has 2 aromatic carbocycles. The lowest BCUT2D eigenvalue weighted by molar-refractivity contribution is -0.120. The molecule has 0 spiro atoms. The molecule has 1 N–H and O–H groups in total. The number of sulfone groups is 1. The van der Waals surface area contributed by atoms with Crippen molar-refractivity contribution in [2.75, 3.05) is 31.8 Å². The first-order valence-electron chi connectivity index (χ1n) is 9.36. The van der Waals surface area contributed by atoms with Crippen LogP contribution < -0.4 is 10.1 Å². The summed E-state index contributed by atoms with van der Waals surface area (Å²) in [5.41, 5.74) is 0.625. The Morgan fingerprint density at radius 3 is 2.17 bits per heavy atom. The van der Waals surface area contributed by atoms with Crippen LogP contribution in [0.25, 0.3) is 0 Å². The topological polar surface area (TPSA) is 110 Å². The summed E-state index contributed by atoms with van der Waals surface area (Å²) < 4.78 is 55.3. The molecule has 2 aromatic rings. The van der Waals surface area contributed by atoms with Gasteiger partial charge in [-0.05, 0) is 49.2 Å². The molecule has 0 radical (unpaired) electrons. The third kappa shape index (κ3) is 5.00. The Balaban J connectivity index is 1.63. The summed E-state index contributed by atoms with van der Waals surface area (Å²) in [6, 6.07) is 12.2. The first-order chi connectivity index (χ1) is 14.1. The Labute approximate surface area is 176 Å². The Bertz CT molecular complexity index is 1120. The molecule has 1 heterocycles. The molecular formula is C20H24N2O6S2. The van der Waals surface area contributed by atoms with Crippen LogP contribution in [0.4, 0.5) is 5.69 Å². The summed E-state index contributed by atoms with van der Waals surface area (Å²) in [6.45, 7) is 0.429. The maximum Gasteiger partial charge on any atom is 0.243 e. The van der Waals surface area contributed by atoms with Crippen molar-refractivity contribution < 1.29 is 26.4 Å². The number of benzene rings is 2. The van der Waals surface area contributed by atoms with Gasteiger partial charge in [0.2, 0.25) is 15.9 Å². The van der Waals surface area contributed by atoms with Gasteiger partial charge in [0.15, 0.2) is 9.84 Å². The van der Waals surface area contributed by atoms with E-state index in [0.717, 1.165) is 6.26 Å². The number of nitrogens with zero attached hydrogens (tertiary/aromatic N) is 1. The summed E-state index contributed by atoms with van der Waals surface area (Å²) in [7, 11) is -5.60. The van der Waals surface area contributed by atoms with Gasteiger partial charge in [-0.3, -0.25) is 4.79 Å². The van der Waals surface area contributed by atoms with Gasteiger partial charge in [-0.1, -0.05) is 6.07 Å². The lowest BCUT2D eigenvalue weighted by Gasteiger charge is -2.30. The molecule has 1 amide bonds. The molecule has 0 atom stereocenters. The van der Waals surface area contributed by atoms with Crippen molar-refractivity contribution in [3.63, 3.8) is 0 Å². The SMILES string of the molecule is COc1cccc(NC(=O)C2CCN(S(=O)(=O)c3ccc(S(C)(=O)=O)cc3)CC2)c1. The number of carbonyl (C=O) groups excluding carboxylic acids is 1. The highest BCUT2D eigenvalue weighted by Gasteiger charge is 2.32. The highest BCUT2D eigenvalue weighted by molar-refractivity contribution is 7.90. The van der Waals surface area contributed by atoms with Gasteiger partial charge in [-0.15, -0.1) is 0 Å². The molecule has 162 valence electrons. The summed E-state index contributed by atoms with van der Waals surface area (Å²) in [6.07, 6.45) is 1.87. The maximum absolute atomic E-state index is 12.8. The Morgan fingerprint density at radius 2 is 1.60 bits per heavy atom. The van der Waals surface area contributed by atoms with E-state index in [1.165, 1.54) is 28.6 Å². The monoisotopic (exact) mass is 452 g/mol. The number of amides is 1. The molecule has 0 aliphatic carbocycles. The van der Waals surface area contributed by atoms with Gasteiger partial charge in [0, 0.05) is 37.0 Å². The van der Waals surface area contributed by atoms with Gasteiger partial charge in [0.1, 0.15) is 5.75 Å². The molecule has 0 aromatic heterocycles. The Hall–Kier alpha value is -2.43. The van der Waals surface area contributed by atoms with E-state index < -0.39 is 19.9 Å². The minimum Gasteiger partial charge on any atom is -0.497 e. The van der Waals surface area contributed by atoms with E-state index in [9.17, 15) is 21.6 Å². The number of carbonyl (C=O) groups is 1. The number of hydrogen-bond donors (Lipinski definition) is 1. The van der Waals surface area contributed by atoms with Gasteiger partial charge in [-0.25, -0.2) is 16.8 Å². The molecule has 1 aliphatic rings. The summed E-state index contributed by atoms with van der Waals surface area (Å²) >= 11 is 0. The van der Waals surface area contributed by atoms with Crippen molar-refractivity contribution in [1.82, 2.24) is 4.31 Å². The van der Waals surface area contributed by atoms with E-state index in [2.05, 4.69) is 5.32 Å². The fraction of sp³-hybridized carbons (Fsp3) is 0.350. The van der Waals surface area contributed by atoms with Crippen molar-refractivity contribution in [3.05, 3.63) is 48.5 Å². The number of methoxy groups -OCH3 is 1. The number of piperidine rings is 1. The average molecular weight is 453 g/mol. The fourth-order valence-corrected chi connectivity index (χ4v) is 5.41.